The molecule has 0 saturated carbocycles. The lowest BCUT2D eigenvalue weighted by Crippen LogP contribution is -2.20. The number of nitrogens with two attached hydrogens (primary N) is 1. The van der Waals surface area contributed by atoms with Gasteiger partial charge in [-0.25, -0.2) is 0 Å². The average Bonchev–Trinajstić information content (AvgIpc) is 2.17. The van der Waals surface area contributed by atoms with Crippen LogP contribution < -0.4 is 10.6 Å². The predicted molar refractivity (Wildman–Crippen MR) is 70.4 cm³/mol. The summed E-state index contributed by atoms with van der Waals surface area (Å²) in [5, 5.41) is 0. The molecule has 84 valence electrons. The zero-order chi connectivity index (χ0) is 11.3. The Morgan fingerprint density at radius 2 is 2.07 bits per heavy atom. The molecule has 0 radical (unpaired) electrons. The highest BCUT2D eigenvalue weighted by molar-refractivity contribution is 9.10. The number of hydrogen-bond donors (Lipinski definition) is 1. The minimum Gasteiger partial charge on any atom is -0.374 e. The first-order valence-corrected chi connectivity index (χ1v) is 6.12. The van der Waals surface area contributed by atoms with Crippen LogP contribution in [0.4, 0.5) is 5.69 Å². The molecule has 0 unspecified atom stereocenters. The van der Waals surface area contributed by atoms with Gasteiger partial charge in [-0.3, -0.25) is 0 Å². The third-order valence-electron chi connectivity index (χ3n) is 2.52. The van der Waals surface area contributed by atoms with E-state index in [1.165, 1.54) is 11.3 Å². The molecule has 0 heterocycles. The number of hydrogen-bond acceptors (Lipinski definition) is 2. The number of benzene rings is 1. The van der Waals surface area contributed by atoms with Crippen molar-refractivity contribution in [3.63, 3.8) is 0 Å². The second kappa shape index (κ2) is 6.13. The third kappa shape index (κ3) is 3.84. The maximum absolute atomic E-state index is 5.48. The van der Waals surface area contributed by atoms with Gasteiger partial charge in [-0.2, -0.15) is 0 Å². The van der Waals surface area contributed by atoms with Crippen LogP contribution >= 0.6 is 15.9 Å². The topological polar surface area (TPSA) is 29.3 Å². The molecule has 0 amide bonds. The monoisotopic (exact) mass is 270 g/mol. The Kier molecular flexibility index (Phi) is 5.12. The fraction of sp³-hybridized carbons (Fsp3) is 0.500. The van der Waals surface area contributed by atoms with E-state index in [0.29, 0.717) is 0 Å². The fourth-order valence-electron chi connectivity index (χ4n) is 1.66. The largest absolute Gasteiger partial charge is 0.374 e. The van der Waals surface area contributed by atoms with E-state index in [0.717, 1.165) is 30.4 Å². The zero-order valence-electron chi connectivity index (χ0n) is 9.46. The summed E-state index contributed by atoms with van der Waals surface area (Å²) in [6.45, 7) is 3.99. The van der Waals surface area contributed by atoms with Gasteiger partial charge in [0.2, 0.25) is 0 Å². The summed E-state index contributed by atoms with van der Waals surface area (Å²) in [6, 6.07) is 6.39. The standard InChI is InChI=1S/C12H19BrN2/c1-10-9-11(13)5-6-12(10)15(2)8-4-3-7-14/h5-6,9H,3-4,7-8,14H2,1-2H3. The molecule has 0 fully saturated rings. The minimum atomic E-state index is 0.785. The first kappa shape index (κ1) is 12.5. The third-order valence-corrected chi connectivity index (χ3v) is 3.01. The van der Waals surface area contributed by atoms with E-state index in [2.05, 4.69) is 53.0 Å². The van der Waals surface area contributed by atoms with Crippen LogP contribution in [-0.2, 0) is 0 Å². The van der Waals surface area contributed by atoms with Crippen LogP contribution in [0.3, 0.4) is 0 Å². The highest BCUT2D eigenvalue weighted by Crippen LogP contribution is 2.22. The summed E-state index contributed by atoms with van der Waals surface area (Å²) in [4.78, 5) is 2.29. The Morgan fingerprint density at radius 1 is 1.33 bits per heavy atom. The number of rotatable bonds is 5. The SMILES string of the molecule is Cc1cc(Br)ccc1N(C)CCCCN. The molecule has 1 aromatic carbocycles. The quantitative estimate of drug-likeness (QED) is 0.834. The van der Waals surface area contributed by atoms with Crippen molar-refractivity contribution < 1.29 is 0 Å². The van der Waals surface area contributed by atoms with Crippen molar-refractivity contribution in [1.82, 2.24) is 0 Å². The first-order chi connectivity index (χ1) is 7.15. The van der Waals surface area contributed by atoms with Crippen LogP contribution in [0, 0.1) is 6.92 Å². The van der Waals surface area contributed by atoms with E-state index < -0.39 is 0 Å². The van der Waals surface area contributed by atoms with Crippen LogP contribution in [0.5, 0.6) is 0 Å². The van der Waals surface area contributed by atoms with Crippen molar-refractivity contribution in [3.05, 3.63) is 28.2 Å². The Morgan fingerprint density at radius 3 is 2.67 bits per heavy atom. The van der Waals surface area contributed by atoms with Gasteiger partial charge in [-0.1, -0.05) is 15.9 Å². The van der Waals surface area contributed by atoms with Crippen molar-refractivity contribution >= 4 is 21.6 Å². The summed E-state index contributed by atoms with van der Waals surface area (Å²) < 4.78 is 1.14. The molecule has 1 aromatic rings. The number of nitrogens with zero attached hydrogens (tertiary/aromatic N) is 1. The van der Waals surface area contributed by atoms with Gasteiger partial charge < -0.3 is 10.6 Å². The molecule has 1 rings (SSSR count). The van der Waals surface area contributed by atoms with Crippen molar-refractivity contribution in [2.24, 2.45) is 5.73 Å². The van der Waals surface area contributed by atoms with Crippen LogP contribution in [0.15, 0.2) is 22.7 Å². The van der Waals surface area contributed by atoms with E-state index in [9.17, 15) is 0 Å². The molecule has 0 aliphatic heterocycles. The number of anilines is 1. The molecule has 0 atom stereocenters. The summed E-state index contributed by atoms with van der Waals surface area (Å²) in [7, 11) is 2.13. The molecule has 0 aliphatic carbocycles. The molecule has 2 N–H and O–H groups in total. The Hall–Kier alpha value is -0.540. The zero-order valence-corrected chi connectivity index (χ0v) is 11.0. The predicted octanol–water partition coefficient (Wildman–Crippen LogP) is 2.93. The lowest BCUT2D eigenvalue weighted by atomic mass is 10.2. The molecular formula is C12H19BrN2. The van der Waals surface area contributed by atoms with E-state index in [4.69, 9.17) is 5.73 Å². The fourth-order valence-corrected chi connectivity index (χ4v) is 2.14. The lowest BCUT2D eigenvalue weighted by Gasteiger charge is -2.21. The highest BCUT2D eigenvalue weighted by atomic mass is 79.9. The van der Waals surface area contributed by atoms with Gasteiger partial charge in [0, 0.05) is 23.8 Å². The van der Waals surface area contributed by atoms with Gasteiger partial charge >= 0.3 is 0 Å². The molecule has 0 saturated heterocycles. The van der Waals surface area contributed by atoms with Gasteiger partial charge in [0.1, 0.15) is 0 Å². The van der Waals surface area contributed by atoms with Crippen molar-refractivity contribution in [2.45, 2.75) is 19.8 Å². The molecule has 2 nitrogen and oxygen atoms in total. The van der Waals surface area contributed by atoms with Gasteiger partial charge in [-0.15, -0.1) is 0 Å². The molecule has 0 aromatic heterocycles. The van der Waals surface area contributed by atoms with Crippen LogP contribution in [0.2, 0.25) is 0 Å². The number of aryl methyl sites for hydroxylation is 1. The van der Waals surface area contributed by atoms with E-state index >= 15 is 0 Å². The maximum atomic E-state index is 5.48. The summed E-state index contributed by atoms with van der Waals surface area (Å²) in [6.07, 6.45) is 2.25. The molecule has 0 bridgehead atoms. The van der Waals surface area contributed by atoms with Crippen LogP contribution in [0.1, 0.15) is 18.4 Å². The van der Waals surface area contributed by atoms with Crippen LogP contribution in [0.25, 0.3) is 0 Å². The number of halogens is 1. The maximum Gasteiger partial charge on any atom is 0.0394 e. The number of unbranched alkanes of at least 4 members (excludes halogenated alkanes) is 1. The lowest BCUT2D eigenvalue weighted by molar-refractivity contribution is 0.727. The van der Waals surface area contributed by atoms with Gasteiger partial charge in [0.25, 0.3) is 0 Å². The first-order valence-electron chi connectivity index (χ1n) is 5.32. The van der Waals surface area contributed by atoms with Gasteiger partial charge in [-0.05, 0) is 50.1 Å². The molecule has 0 aliphatic rings. The second-order valence-corrected chi connectivity index (χ2v) is 4.76. The van der Waals surface area contributed by atoms with E-state index in [1.54, 1.807) is 0 Å². The van der Waals surface area contributed by atoms with E-state index in [-0.39, 0.29) is 0 Å². The Balaban J connectivity index is 2.61. The van der Waals surface area contributed by atoms with Gasteiger partial charge in [0.05, 0.1) is 0 Å². The van der Waals surface area contributed by atoms with Crippen molar-refractivity contribution in [3.8, 4) is 0 Å². The molecule has 15 heavy (non-hydrogen) atoms. The second-order valence-electron chi connectivity index (χ2n) is 3.85. The molecule has 3 heteroatoms. The molecule has 0 spiro atoms. The highest BCUT2D eigenvalue weighted by Gasteiger charge is 2.03. The minimum absolute atomic E-state index is 0.785. The summed E-state index contributed by atoms with van der Waals surface area (Å²) in [5.74, 6) is 0. The molecular weight excluding hydrogens is 252 g/mol. The average molecular weight is 271 g/mol. The summed E-state index contributed by atoms with van der Waals surface area (Å²) in [5.41, 5.74) is 8.08. The summed E-state index contributed by atoms with van der Waals surface area (Å²) >= 11 is 3.47. The Bertz CT molecular complexity index is 312. The van der Waals surface area contributed by atoms with Crippen LogP contribution in [-0.4, -0.2) is 20.1 Å². The van der Waals surface area contributed by atoms with Crippen molar-refractivity contribution in [2.75, 3.05) is 25.0 Å². The van der Waals surface area contributed by atoms with E-state index in [1.807, 2.05) is 0 Å². The Labute approximate surface area is 101 Å². The van der Waals surface area contributed by atoms with Gasteiger partial charge in [0.15, 0.2) is 0 Å². The van der Waals surface area contributed by atoms with Crippen molar-refractivity contribution in [1.29, 1.82) is 0 Å². The normalized spacial score (nSPS) is 10.4. The smallest absolute Gasteiger partial charge is 0.0394 e.